The highest BCUT2D eigenvalue weighted by molar-refractivity contribution is 6.25. The molecular weight excluding hydrogens is 462 g/mol. The van der Waals surface area contributed by atoms with Crippen molar-refractivity contribution in [2.24, 2.45) is 5.92 Å². The van der Waals surface area contributed by atoms with Crippen molar-refractivity contribution < 1.29 is 14.4 Å². The first-order valence-electron chi connectivity index (χ1n) is 12.7. The summed E-state index contributed by atoms with van der Waals surface area (Å²) in [5.74, 6) is 5.50. The molecule has 4 aliphatic rings. The lowest BCUT2D eigenvalue weighted by Gasteiger charge is -2.44. The molecule has 3 heterocycles. The Kier molecular flexibility index (Phi) is 4.55. The van der Waals surface area contributed by atoms with Crippen LogP contribution < -0.4 is 10.6 Å². The van der Waals surface area contributed by atoms with Crippen LogP contribution in [-0.2, 0) is 20.4 Å². The van der Waals surface area contributed by atoms with Crippen LogP contribution in [0.5, 0.6) is 0 Å². The summed E-state index contributed by atoms with van der Waals surface area (Å²) >= 11 is 0. The predicted octanol–water partition coefficient (Wildman–Crippen LogP) is 3.13. The Balaban J connectivity index is 1.58. The Labute approximate surface area is 215 Å². The minimum Gasteiger partial charge on any atom is -0.277 e. The number of urea groups is 1. The number of hydrogen-bond donors (Lipinski definition) is 2. The number of piperidine rings is 1. The van der Waals surface area contributed by atoms with Crippen molar-refractivity contribution in [3.05, 3.63) is 108 Å². The molecule has 7 rings (SSSR count). The second kappa shape index (κ2) is 7.64. The van der Waals surface area contributed by atoms with Crippen molar-refractivity contribution >= 4 is 17.8 Å². The predicted molar refractivity (Wildman–Crippen MR) is 137 cm³/mol. The van der Waals surface area contributed by atoms with Gasteiger partial charge in [0.25, 0.3) is 11.8 Å². The highest BCUT2D eigenvalue weighted by Gasteiger charge is 2.96. The normalized spacial score (nSPS) is 31.1. The first-order valence-corrected chi connectivity index (χ1v) is 12.7. The van der Waals surface area contributed by atoms with Gasteiger partial charge < -0.3 is 0 Å². The standard InChI is InChI=1S/C31H25N3O3/c35-26-31(27(36)33-28(37)32-26)30(23-15-8-3-9-16-23)24(19-18-21-11-4-1-5-12-21)29(30,22-13-6-2-7-14-22)25-17-10-20-34(25)31/h1-9,11-16,24-25H,10,17,20H2,(H2,32,33,35,36,37)/t24-,25-,29+,30+/m1/s1. The molecule has 3 aliphatic heterocycles. The second-order valence-corrected chi connectivity index (χ2v) is 10.3. The molecule has 0 aromatic heterocycles. The molecule has 0 bridgehead atoms. The summed E-state index contributed by atoms with van der Waals surface area (Å²) in [5, 5.41) is 4.94. The monoisotopic (exact) mass is 487 g/mol. The zero-order valence-corrected chi connectivity index (χ0v) is 20.1. The molecule has 0 unspecified atom stereocenters. The lowest BCUT2D eigenvalue weighted by molar-refractivity contribution is -0.149. The molecule has 6 nitrogen and oxygen atoms in total. The summed E-state index contributed by atoms with van der Waals surface area (Å²) in [7, 11) is 0. The van der Waals surface area contributed by atoms with Gasteiger partial charge >= 0.3 is 6.03 Å². The smallest absolute Gasteiger partial charge is 0.277 e. The van der Waals surface area contributed by atoms with E-state index in [4.69, 9.17) is 0 Å². The minimum atomic E-state index is -1.60. The molecule has 4 atom stereocenters. The van der Waals surface area contributed by atoms with Crippen molar-refractivity contribution in [2.45, 2.75) is 35.3 Å². The zero-order valence-electron chi connectivity index (χ0n) is 20.1. The van der Waals surface area contributed by atoms with Gasteiger partial charge in [-0.2, -0.15) is 0 Å². The zero-order chi connectivity index (χ0) is 25.3. The topological polar surface area (TPSA) is 78.5 Å². The van der Waals surface area contributed by atoms with E-state index in [1.807, 2.05) is 78.9 Å². The number of barbiturate groups is 1. The molecule has 6 heteroatoms. The average Bonchev–Trinajstić information content (AvgIpc) is 3.16. The number of nitrogens with one attached hydrogen (secondary N) is 2. The lowest BCUT2D eigenvalue weighted by Crippen LogP contribution is -2.76. The Morgan fingerprint density at radius 2 is 1.32 bits per heavy atom. The Morgan fingerprint density at radius 1 is 0.757 bits per heavy atom. The highest BCUT2D eigenvalue weighted by atomic mass is 16.2. The van der Waals surface area contributed by atoms with Gasteiger partial charge in [-0.3, -0.25) is 25.1 Å². The quantitative estimate of drug-likeness (QED) is 0.430. The minimum absolute atomic E-state index is 0.0881. The number of rotatable bonds is 2. The molecule has 1 saturated carbocycles. The number of carbonyl (C=O) groups is 3. The van der Waals surface area contributed by atoms with Crippen molar-refractivity contribution in [1.29, 1.82) is 0 Å². The van der Waals surface area contributed by atoms with Crippen LogP contribution in [0.3, 0.4) is 0 Å². The number of benzene rings is 3. The molecule has 3 aromatic rings. The van der Waals surface area contributed by atoms with Crippen molar-refractivity contribution in [3.8, 4) is 11.8 Å². The summed E-state index contributed by atoms with van der Waals surface area (Å²) < 4.78 is 0. The van der Waals surface area contributed by atoms with E-state index in [1.54, 1.807) is 0 Å². The second-order valence-electron chi connectivity index (χ2n) is 10.3. The fraction of sp³-hybridized carbons (Fsp3) is 0.258. The van der Waals surface area contributed by atoms with Crippen molar-refractivity contribution in [1.82, 2.24) is 15.5 Å². The Morgan fingerprint density at radius 3 is 1.95 bits per heavy atom. The van der Waals surface area contributed by atoms with Gasteiger partial charge in [-0.25, -0.2) is 4.79 Å². The summed E-state index contributed by atoms with van der Waals surface area (Å²) in [5.41, 5.74) is -0.357. The molecule has 0 radical (unpaired) electrons. The molecule has 37 heavy (non-hydrogen) atoms. The third kappa shape index (κ3) is 2.47. The summed E-state index contributed by atoms with van der Waals surface area (Å²) in [6, 6.07) is 28.9. The fourth-order valence-corrected chi connectivity index (χ4v) is 7.98. The molecule has 1 aliphatic carbocycles. The van der Waals surface area contributed by atoms with E-state index in [-0.39, 0.29) is 12.0 Å². The van der Waals surface area contributed by atoms with Gasteiger partial charge in [-0.05, 0) is 36.1 Å². The molecule has 182 valence electrons. The molecule has 4 fully saturated rings. The number of imide groups is 2. The van der Waals surface area contributed by atoms with E-state index in [2.05, 4.69) is 39.5 Å². The van der Waals surface area contributed by atoms with E-state index in [1.165, 1.54) is 0 Å². The van der Waals surface area contributed by atoms with Crippen molar-refractivity contribution in [3.63, 3.8) is 0 Å². The third-order valence-electron chi connectivity index (χ3n) is 8.96. The summed E-state index contributed by atoms with van der Waals surface area (Å²) in [4.78, 5) is 42.6. The van der Waals surface area contributed by atoms with E-state index < -0.39 is 34.2 Å². The van der Waals surface area contributed by atoms with E-state index in [9.17, 15) is 14.4 Å². The Hall–Kier alpha value is -4.21. The molecule has 2 N–H and O–H groups in total. The number of fused-ring (bicyclic) bond motifs is 5. The van der Waals surface area contributed by atoms with Crippen molar-refractivity contribution in [2.75, 3.05) is 6.54 Å². The van der Waals surface area contributed by atoms with Crippen LogP contribution in [0, 0.1) is 17.8 Å². The van der Waals surface area contributed by atoms with Gasteiger partial charge in [-0.1, -0.05) is 90.7 Å². The first kappa shape index (κ1) is 22.0. The number of amides is 4. The first-order chi connectivity index (χ1) is 18.1. The number of carbonyl (C=O) groups excluding carboxylic acids is 3. The average molecular weight is 488 g/mol. The van der Waals surface area contributed by atoms with Gasteiger partial charge in [0.1, 0.15) is 0 Å². The lowest BCUT2D eigenvalue weighted by atomic mass is 9.68. The van der Waals surface area contributed by atoms with Crippen LogP contribution in [0.25, 0.3) is 0 Å². The van der Waals surface area contributed by atoms with Crippen LogP contribution >= 0.6 is 0 Å². The molecule has 4 amide bonds. The number of hydrogen-bond acceptors (Lipinski definition) is 4. The maximum atomic E-state index is 14.1. The largest absolute Gasteiger partial charge is 0.328 e. The maximum Gasteiger partial charge on any atom is 0.328 e. The van der Waals surface area contributed by atoms with Gasteiger partial charge in [0.05, 0.1) is 5.41 Å². The van der Waals surface area contributed by atoms with Gasteiger partial charge in [0.15, 0.2) is 5.54 Å². The molecule has 1 spiro atoms. The molecule has 3 saturated heterocycles. The van der Waals surface area contributed by atoms with E-state index in [0.29, 0.717) is 6.54 Å². The van der Waals surface area contributed by atoms with Gasteiger partial charge in [0.2, 0.25) is 0 Å². The highest BCUT2D eigenvalue weighted by Crippen LogP contribution is 2.83. The van der Waals surface area contributed by atoms with Crippen LogP contribution in [0.2, 0.25) is 0 Å². The summed E-state index contributed by atoms with van der Waals surface area (Å²) in [6.45, 7) is 0.599. The van der Waals surface area contributed by atoms with Crippen LogP contribution in [0.4, 0.5) is 4.79 Å². The van der Waals surface area contributed by atoms with Crippen LogP contribution in [-0.4, -0.2) is 40.9 Å². The maximum absolute atomic E-state index is 14.1. The van der Waals surface area contributed by atoms with Gasteiger partial charge in [0, 0.05) is 29.5 Å². The number of nitrogens with zero attached hydrogens (tertiary/aromatic N) is 1. The van der Waals surface area contributed by atoms with E-state index >= 15 is 0 Å². The van der Waals surface area contributed by atoms with Crippen LogP contribution in [0.1, 0.15) is 29.5 Å². The van der Waals surface area contributed by atoms with Gasteiger partial charge in [-0.15, -0.1) is 0 Å². The Bertz CT molecular complexity index is 1470. The third-order valence-corrected chi connectivity index (χ3v) is 8.96. The van der Waals surface area contributed by atoms with E-state index in [0.717, 1.165) is 29.5 Å². The summed E-state index contributed by atoms with van der Waals surface area (Å²) in [6.07, 6.45) is 1.70. The SMILES string of the molecule is O=C1NC(=O)C2(C(=O)N1)N1CCC[C@@H]1[C@]1(c3ccccc3)[C@@H](C#Cc3ccccc3)[C@]21c1ccccc1. The molecule has 3 aromatic carbocycles. The fourth-order valence-electron chi connectivity index (χ4n) is 7.98. The van der Waals surface area contributed by atoms with Crippen LogP contribution in [0.15, 0.2) is 91.0 Å². The molecular formula is C31H25N3O3.